The monoisotopic (exact) mass is 310 g/mol. The molecule has 0 aromatic heterocycles. The Balaban J connectivity index is 2.59. The van der Waals surface area contributed by atoms with E-state index in [2.05, 4.69) is 26.9 Å². The topological polar surface area (TPSA) is 47.3 Å². The van der Waals surface area contributed by atoms with Crippen LogP contribution in [-0.4, -0.2) is 29.6 Å². The number of likely N-dealkylation sites (N-methyl/N-ethyl adjacent to an activating group) is 1. The van der Waals surface area contributed by atoms with E-state index in [0.717, 1.165) is 16.6 Å². The summed E-state index contributed by atoms with van der Waals surface area (Å²) in [5, 5.41) is 19.0. The molecule has 0 heterocycles. The normalized spacial score (nSPS) is 14.2. The second kappa shape index (κ2) is 7.52. The highest BCUT2D eigenvalue weighted by Gasteiger charge is 2.14. The van der Waals surface area contributed by atoms with E-state index >= 15 is 0 Å². The van der Waals surface area contributed by atoms with Crippen molar-refractivity contribution in [3.05, 3.63) is 34.3 Å². The minimum atomic E-state index is -0.510. The molecule has 0 amide bonds. The first-order valence-electron chi connectivity index (χ1n) is 6.12. The first-order chi connectivity index (χ1) is 8.56. The van der Waals surface area contributed by atoms with E-state index in [4.69, 9.17) is 5.26 Å². The maximum absolute atomic E-state index is 10.2. The van der Waals surface area contributed by atoms with Crippen molar-refractivity contribution in [1.29, 1.82) is 5.26 Å². The molecule has 0 aliphatic heterocycles. The van der Waals surface area contributed by atoms with Crippen molar-refractivity contribution in [1.82, 2.24) is 4.90 Å². The van der Waals surface area contributed by atoms with Gasteiger partial charge in [0.05, 0.1) is 18.1 Å². The number of aliphatic hydroxyl groups excluding tert-OH is 1. The molecule has 0 radical (unpaired) electrons. The quantitative estimate of drug-likeness (QED) is 0.878. The van der Waals surface area contributed by atoms with Crippen LogP contribution in [0.3, 0.4) is 0 Å². The smallest absolute Gasteiger partial charge is 0.0916 e. The van der Waals surface area contributed by atoms with Crippen LogP contribution in [0.15, 0.2) is 28.7 Å². The summed E-state index contributed by atoms with van der Waals surface area (Å²) in [5.41, 5.74) is 0.904. The molecule has 0 aliphatic carbocycles. The SMILES string of the molecule is CCN(C[C@@H](C)C#N)C[C@H](O)c1ccc(Br)cc1. The Labute approximate surface area is 117 Å². The van der Waals surface area contributed by atoms with Gasteiger partial charge >= 0.3 is 0 Å². The second-order valence-corrected chi connectivity index (χ2v) is 5.37. The number of rotatable bonds is 6. The number of halogens is 1. The number of hydrogen-bond donors (Lipinski definition) is 1. The minimum absolute atomic E-state index is 0.0120. The molecule has 1 N–H and O–H groups in total. The average molecular weight is 311 g/mol. The van der Waals surface area contributed by atoms with Crippen molar-refractivity contribution in [3.8, 4) is 6.07 Å². The summed E-state index contributed by atoms with van der Waals surface area (Å²) in [4.78, 5) is 2.10. The molecule has 0 saturated carbocycles. The molecule has 0 aliphatic rings. The molecule has 1 aromatic carbocycles. The Kier molecular flexibility index (Phi) is 6.34. The summed E-state index contributed by atoms with van der Waals surface area (Å²) in [5.74, 6) is -0.0120. The van der Waals surface area contributed by atoms with Crippen LogP contribution in [0, 0.1) is 17.2 Å². The van der Waals surface area contributed by atoms with Gasteiger partial charge in [0.1, 0.15) is 0 Å². The van der Waals surface area contributed by atoms with Crippen LogP contribution in [0.1, 0.15) is 25.5 Å². The van der Waals surface area contributed by atoms with E-state index in [1.54, 1.807) is 0 Å². The number of benzene rings is 1. The predicted molar refractivity (Wildman–Crippen MR) is 76.0 cm³/mol. The van der Waals surface area contributed by atoms with Crippen LogP contribution in [0.5, 0.6) is 0 Å². The summed E-state index contributed by atoms with van der Waals surface area (Å²) in [6, 6.07) is 9.89. The summed E-state index contributed by atoms with van der Waals surface area (Å²) in [6.45, 7) is 6.03. The Morgan fingerprint density at radius 3 is 2.44 bits per heavy atom. The third-order valence-electron chi connectivity index (χ3n) is 2.89. The van der Waals surface area contributed by atoms with Crippen molar-refractivity contribution in [3.63, 3.8) is 0 Å². The van der Waals surface area contributed by atoms with E-state index in [0.29, 0.717) is 13.1 Å². The highest BCUT2D eigenvalue weighted by atomic mass is 79.9. The fourth-order valence-corrected chi connectivity index (χ4v) is 2.06. The summed E-state index contributed by atoms with van der Waals surface area (Å²) < 4.78 is 1.00. The molecule has 0 spiro atoms. The predicted octanol–water partition coefficient (Wildman–Crippen LogP) is 2.96. The number of nitriles is 1. The van der Waals surface area contributed by atoms with Gasteiger partial charge in [-0.2, -0.15) is 5.26 Å². The standard InChI is InChI=1S/C14H19BrN2O/c1-3-17(9-11(2)8-16)10-14(18)12-4-6-13(15)7-5-12/h4-7,11,14,18H,3,9-10H2,1-2H3/t11-,14-/m0/s1. The Bertz CT molecular complexity index is 399. The van der Waals surface area contributed by atoms with Gasteiger partial charge in [-0.3, -0.25) is 4.90 Å². The molecule has 0 saturated heterocycles. The molecule has 98 valence electrons. The molecule has 1 rings (SSSR count). The molecule has 0 unspecified atom stereocenters. The lowest BCUT2D eigenvalue weighted by Gasteiger charge is -2.24. The van der Waals surface area contributed by atoms with E-state index in [1.807, 2.05) is 38.1 Å². The minimum Gasteiger partial charge on any atom is -0.387 e. The van der Waals surface area contributed by atoms with Crippen LogP contribution in [0.25, 0.3) is 0 Å². The van der Waals surface area contributed by atoms with Crippen molar-refractivity contribution >= 4 is 15.9 Å². The zero-order chi connectivity index (χ0) is 13.5. The molecule has 1 aromatic rings. The summed E-state index contributed by atoms with van der Waals surface area (Å²) in [7, 11) is 0. The lowest BCUT2D eigenvalue weighted by molar-refractivity contribution is 0.112. The van der Waals surface area contributed by atoms with E-state index in [1.165, 1.54) is 0 Å². The van der Waals surface area contributed by atoms with E-state index in [-0.39, 0.29) is 5.92 Å². The first-order valence-corrected chi connectivity index (χ1v) is 6.91. The molecule has 18 heavy (non-hydrogen) atoms. The Morgan fingerprint density at radius 2 is 1.94 bits per heavy atom. The zero-order valence-corrected chi connectivity index (χ0v) is 12.4. The van der Waals surface area contributed by atoms with Crippen LogP contribution in [0.4, 0.5) is 0 Å². The number of aliphatic hydroxyl groups is 1. The third-order valence-corrected chi connectivity index (χ3v) is 3.41. The number of hydrogen-bond acceptors (Lipinski definition) is 3. The molecular formula is C14H19BrN2O. The molecule has 3 nitrogen and oxygen atoms in total. The van der Waals surface area contributed by atoms with Crippen molar-refractivity contribution < 1.29 is 5.11 Å². The van der Waals surface area contributed by atoms with Gasteiger partial charge in [-0.25, -0.2) is 0 Å². The summed E-state index contributed by atoms with van der Waals surface area (Å²) >= 11 is 3.37. The van der Waals surface area contributed by atoms with Gasteiger partial charge in [-0.1, -0.05) is 35.0 Å². The van der Waals surface area contributed by atoms with Gasteiger partial charge in [-0.15, -0.1) is 0 Å². The zero-order valence-electron chi connectivity index (χ0n) is 10.8. The Morgan fingerprint density at radius 1 is 1.33 bits per heavy atom. The summed E-state index contributed by atoms with van der Waals surface area (Å²) in [6.07, 6.45) is -0.510. The van der Waals surface area contributed by atoms with E-state index in [9.17, 15) is 5.11 Å². The van der Waals surface area contributed by atoms with E-state index < -0.39 is 6.10 Å². The molecule has 4 heteroatoms. The lowest BCUT2D eigenvalue weighted by atomic mass is 10.1. The van der Waals surface area contributed by atoms with Crippen LogP contribution >= 0.6 is 15.9 Å². The molecule has 2 atom stereocenters. The van der Waals surface area contributed by atoms with Crippen molar-refractivity contribution in [2.45, 2.75) is 20.0 Å². The third kappa shape index (κ3) is 4.77. The van der Waals surface area contributed by atoms with Crippen LogP contribution < -0.4 is 0 Å². The van der Waals surface area contributed by atoms with Gasteiger partial charge in [0.2, 0.25) is 0 Å². The lowest BCUT2D eigenvalue weighted by Crippen LogP contribution is -2.32. The van der Waals surface area contributed by atoms with Gasteiger partial charge in [0, 0.05) is 17.6 Å². The van der Waals surface area contributed by atoms with Gasteiger partial charge in [0.25, 0.3) is 0 Å². The fraction of sp³-hybridized carbons (Fsp3) is 0.500. The Hall–Kier alpha value is -0.890. The largest absolute Gasteiger partial charge is 0.387 e. The van der Waals surface area contributed by atoms with Crippen LogP contribution in [0.2, 0.25) is 0 Å². The molecular weight excluding hydrogens is 292 g/mol. The molecule has 0 fully saturated rings. The first kappa shape index (κ1) is 15.2. The van der Waals surface area contributed by atoms with Crippen LogP contribution in [-0.2, 0) is 0 Å². The highest BCUT2D eigenvalue weighted by molar-refractivity contribution is 9.10. The van der Waals surface area contributed by atoms with Gasteiger partial charge < -0.3 is 5.11 Å². The maximum Gasteiger partial charge on any atom is 0.0916 e. The highest BCUT2D eigenvalue weighted by Crippen LogP contribution is 2.18. The van der Waals surface area contributed by atoms with Crippen molar-refractivity contribution in [2.75, 3.05) is 19.6 Å². The van der Waals surface area contributed by atoms with Gasteiger partial charge in [-0.05, 0) is 31.2 Å². The van der Waals surface area contributed by atoms with Gasteiger partial charge in [0.15, 0.2) is 0 Å². The molecule has 0 bridgehead atoms. The fourth-order valence-electron chi connectivity index (χ4n) is 1.80. The second-order valence-electron chi connectivity index (χ2n) is 4.45. The van der Waals surface area contributed by atoms with Crippen molar-refractivity contribution in [2.24, 2.45) is 5.92 Å². The number of nitrogens with zero attached hydrogens (tertiary/aromatic N) is 2. The average Bonchev–Trinajstić information content (AvgIpc) is 2.38. The maximum atomic E-state index is 10.2.